The number of Topliss-reactive ketones (excluding diaryl/α,β-unsaturated/α-hetero) is 1. The molecule has 1 saturated carbocycles. The van der Waals surface area contributed by atoms with Crippen LogP contribution >= 0.6 is 0 Å². The maximum atomic E-state index is 11.8. The highest BCUT2D eigenvalue weighted by Gasteiger charge is 2.24. The van der Waals surface area contributed by atoms with Crippen LogP contribution in [0.25, 0.3) is 0 Å². The fraction of sp³-hybridized carbons (Fsp3) is 0.846. The zero-order chi connectivity index (χ0) is 12.0. The van der Waals surface area contributed by atoms with E-state index in [0.717, 1.165) is 32.1 Å². The molecule has 1 aliphatic rings. The highest BCUT2D eigenvalue weighted by atomic mass is 16.2. The Morgan fingerprint density at radius 1 is 1.31 bits per heavy atom. The number of carbonyl (C=O) groups excluding carboxylic acids is 2. The highest BCUT2D eigenvalue weighted by Crippen LogP contribution is 2.20. The van der Waals surface area contributed by atoms with Gasteiger partial charge >= 0.3 is 0 Å². The number of unbranched alkanes of at least 4 members (excludes halogenated alkanes) is 2. The fourth-order valence-corrected chi connectivity index (χ4v) is 2.22. The van der Waals surface area contributed by atoms with Crippen LogP contribution in [0, 0.1) is 0 Å². The van der Waals surface area contributed by atoms with Crippen LogP contribution in [0.5, 0.6) is 0 Å². The fourth-order valence-electron chi connectivity index (χ4n) is 2.22. The average molecular weight is 225 g/mol. The zero-order valence-corrected chi connectivity index (χ0v) is 10.5. The molecule has 0 saturated heterocycles. The van der Waals surface area contributed by atoms with Gasteiger partial charge in [0.25, 0.3) is 0 Å². The van der Waals surface area contributed by atoms with E-state index in [-0.39, 0.29) is 5.91 Å². The Kier molecular flexibility index (Phi) is 5.50. The van der Waals surface area contributed by atoms with Gasteiger partial charge in [0.2, 0.25) is 5.91 Å². The number of hydrogen-bond acceptors (Lipinski definition) is 2. The van der Waals surface area contributed by atoms with Gasteiger partial charge in [0.1, 0.15) is 5.78 Å². The van der Waals surface area contributed by atoms with E-state index in [2.05, 4.69) is 6.92 Å². The van der Waals surface area contributed by atoms with E-state index in [4.69, 9.17) is 0 Å². The van der Waals surface area contributed by atoms with Gasteiger partial charge in [0.15, 0.2) is 0 Å². The molecule has 0 unspecified atom stereocenters. The van der Waals surface area contributed by atoms with Crippen molar-refractivity contribution in [3.8, 4) is 0 Å². The topological polar surface area (TPSA) is 37.4 Å². The second kappa shape index (κ2) is 6.66. The van der Waals surface area contributed by atoms with Gasteiger partial charge in [0, 0.05) is 32.4 Å². The minimum absolute atomic E-state index is 0.243. The number of nitrogens with zero attached hydrogens (tertiary/aromatic N) is 1. The maximum absolute atomic E-state index is 11.8. The van der Waals surface area contributed by atoms with E-state index >= 15 is 0 Å². The van der Waals surface area contributed by atoms with Crippen LogP contribution in [0.4, 0.5) is 0 Å². The third-order valence-electron chi connectivity index (χ3n) is 3.45. The molecule has 0 aromatic carbocycles. The van der Waals surface area contributed by atoms with Gasteiger partial charge in [0.05, 0.1) is 0 Å². The quantitative estimate of drug-likeness (QED) is 0.674. The van der Waals surface area contributed by atoms with Crippen LogP contribution in [0.1, 0.15) is 58.3 Å². The summed E-state index contributed by atoms with van der Waals surface area (Å²) in [5, 5.41) is 0. The summed E-state index contributed by atoms with van der Waals surface area (Å²) >= 11 is 0. The van der Waals surface area contributed by atoms with E-state index in [9.17, 15) is 9.59 Å². The zero-order valence-electron chi connectivity index (χ0n) is 10.5. The molecule has 0 heterocycles. The third-order valence-corrected chi connectivity index (χ3v) is 3.45. The molecule has 3 nitrogen and oxygen atoms in total. The van der Waals surface area contributed by atoms with Crippen LogP contribution < -0.4 is 0 Å². The monoisotopic (exact) mass is 225 g/mol. The molecule has 0 aromatic rings. The predicted molar refractivity (Wildman–Crippen MR) is 64.2 cm³/mol. The number of amides is 1. The van der Waals surface area contributed by atoms with Crippen molar-refractivity contribution in [2.24, 2.45) is 0 Å². The van der Waals surface area contributed by atoms with E-state index < -0.39 is 0 Å². The van der Waals surface area contributed by atoms with E-state index in [1.165, 1.54) is 0 Å². The molecule has 1 amide bonds. The summed E-state index contributed by atoms with van der Waals surface area (Å²) in [6, 6.07) is 0.298. The first-order valence-corrected chi connectivity index (χ1v) is 6.42. The average Bonchev–Trinajstić information content (AvgIpc) is 2.29. The van der Waals surface area contributed by atoms with Crippen molar-refractivity contribution in [3.63, 3.8) is 0 Å². The lowest BCUT2D eigenvalue weighted by Gasteiger charge is -2.30. The lowest BCUT2D eigenvalue weighted by atomic mass is 9.93. The molecule has 0 aliphatic heterocycles. The number of hydrogen-bond donors (Lipinski definition) is 0. The summed E-state index contributed by atoms with van der Waals surface area (Å²) in [6.07, 6.45) is 6.94. The van der Waals surface area contributed by atoms with Crippen molar-refractivity contribution < 1.29 is 9.59 Å². The molecule has 0 bridgehead atoms. The molecular formula is C13H23NO2. The summed E-state index contributed by atoms with van der Waals surface area (Å²) in [6.45, 7) is 2.14. The van der Waals surface area contributed by atoms with Gasteiger partial charge in [-0.2, -0.15) is 0 Å². The maximum Gasteiger partial charge on any atom is 0.222 e. The summed E-state index contributed by atoms with van der Waals surface area (Å²) in [4.78, 5) is 24.8. The van der Waals surface area contributed by atoms with Crippen LogP contribution in [0.3, 0.4) is 0 Å². The smallest absolute Gasteiger partial charge is 0.222 e. The van der Waals surface area contributed by atoms with Crippen LogP contribution in [-0.2, 0) is 9.59 Å². The molecule has 0 N–H and O–H groups in total. The predicted octanol–water partition coefficient (Wildman–Crippen LogP) is 2.54. The Morgan fingerprint density at radius 3 is 2.50 bits per heavy atom. The first-order chi connectivity index (χ1) is 7.65. The van der Waals surface area contributed by atoms with Crippen LogP contribution in [0.15, 0.2) is 0 Å². The van der Waals surface area contributed by atoms with Crippen LogP contribution in [-0.4, -0.2) is 29.7 Å². The van der Waals surface area contributed by atoms with Crippen molar-refractivity contribution in [3.05, 3.63) is 0 Å². The second-order valence-corrected chi connectivity index (χ2v) is 4.73. The molecule has 0 spiro atoms. The molecule has 0 atom stereocenters. The summed E-state index contributed by atoms with van der Waals surface area (Å²) in [5.41, 5.74) is 0. The van der Waals surface area contributed by atoms with Gasteiger partial charge in [-0.25, -0.2) is 0 Å². The molecule has 16 heavy (non-hydrogen) atoms. The number of ketones is 1. The van der Waals surface area contributed by atoms with E-state index in [1.807, 2.05) is 11.9 Å². The summed E-state index contributed by atoms with van der Waals surface area (Å²) < 4.78 is 0. The van der Waals surface area contributed by atoms with Crippen molar-refractivity contribution in [2.45, 2.75) is 64.3 Å². The Morgan fingerprint density at radius 2 is 1.94 bits per heavy atom. The lowest BCUT2D eigenvalue weighted by Crippen LogP contribution is -2.39. The Bertz CT molecular complexity index is 240. The van der Waals surface area contributed by atoms with E-state index in [1.54, 1.807) is 0 Å². The Hall–Kier alpha value is -0.860. The van der Waals surface area contributed by atoms with Gasteiger partial charge in [-0.05, 0) is 19.3 Å². The largest absolute Gasteiger partial charge is 0.343 e. The van der Waals surface area contributed by atoms with E-state index in [0.29, 0.717) is 31.1 Å². The normalized spacial score (nSPS) is 17.5. The highest BCUT2D eigenvalue weighted by molar-refractivity contribution is 5.80. The number of carbonyl (C=O) groups is 2. The van der Waals surface area contributed by atoms with Crippen molar-refractivity contribution >= 4 is 11.7 Å². The van der Waals surface area contributed by atoms with Crippen molar-refractivity contribution in [2.75, 3.05) is 7.05 Å². The first-order valence-electron chi connectivity index (χ1n) is 6.42. The molecule has 1 rings (SSSR count). The van der Waals surface area contributed by atoms with Crippen molar-refractivity contribution in [1.82, 2.24) is 4.90 Å². The minimum atomic E-state index is 0.243. The van der Waals surface area contributed by atoms with Gasteiger partial charge in [-0.3, -0.25) is 9.59 Å². The second-order valence-electron chi connectivity index (χ2n) is 4.73. The third kappa shape index (κ3) is 3.95. The first kappa shape index (κ1) is 13.2. The summed E-state index contributed by atoms with van der Waals surface area (Å²) in [5.74, 6) is 0.593. The molecule has 1 aliphatic carbocycles. The van der Waals surface area contributed by atoms with Crippen LogP contribution in [0.2, 0.25) is 0 Å². The lowest BCUT2D eigenvalue weighted by molar-refractivity contribution is -0.134. The molecule has 3 heteroatoms. The van der Waals surface area contributed by atoms with Gasteiger partial charge < -0.3 is 4.90 Å². The SMILES string of the molecule is CCCCCC(=O)N(C)C1CCC(=O)CC1. The van der Waals surface area contributed by atoms with Gasteiger partial charge in [-0.1, -0.05) is 19.8 Å². The molecule has 92 valence electrons. The van der Waals surface area contributed by atoms with Gasteiger partial charge in [-0.15, -0.1) is 0 Å². The molecular weight excluding hydrogens is 202 g/mol. The standard InChI is InChI=1S/C13H23NO2/c1-3-4-5-6-13(16)14(2)11-7-9-12(15)10-8-11/h11H,3-10H2,1-2H3. The molecule has 0 aromatic heterocycles. The number of rotatable bonds is 5. The van der Waals surface area contributed by atoms with Crippen molar-refractivity contribution in [1.29, 1.82) is 0 Å². The summed E-state index contributed by atoms with van der Waals surface area (Å²) in [7, 11) is 1.88. The molecule has 1 fully saturated rings. The minimum Gasteiger partial charge on any atom is -0.343 e. The Balaban J connectivity index is 2.29. The Labute approximate surface area is 98.2 Å². The molecule has 0 radical (unpaired) electrons.